The normalized spacial score (nSPS) is 18.7. The zero-order chi connectivity index (χ0) is 20.1. The van der Waals surface area contributed by atoms with E-state index >= 15 is 0 Å². The number of hydrogen-bond acceptors (Lipinski definition) is 2. The summed E-state index contributed by atoms with van der Waals surface area (Å²) in [6.45, 7) is 0. The van der Waals surface area contributed by atoms with Crippen molar-refractivity contribution in [2.75, 3.05) is 24.7 Å². The molecule has 156 valence electrons. The average Bonchev–Trinajstić information content (AvgIpc) is 2.80. The number of rotatable bonds is 6. The van der Waals surface area contributed by atoms with Gasteiger partial charge in [-0.2, -0.15) is 0 Å². The van der Waals surface area contributed by atoms with Crippen LogP contribution in [0.3, 0.4) is 0 Å². The van der Waals surface area contributed by atoms with E-state index in [9.17, 15) is 0 Å². The lowest BCUT2D eigenvalue weighted by molar-refractivity contribution is 0.487. The Kier molecular flexibility index (Phi) is 7.14. The van der Waals surface area contributed by atoms with Gasteiger partial charge in [0.2, 0.25) is 0 Å². The first-order valence-electron chi connectivity index (χ1n) is 11.7. The van der Waals surface area contributed by atoms with Gasteiger partial charge < -0.3 is 10.6 Å². The van der Waals surface area contributed by atoms with Gasteiger partial charge in [-0.25, -0.2) is 0 Å². The molecule has 0 bridgehead atoms. The van der Waals surface area contributed by atoms with Gasteiger partial charge >= 0.3 is 0 Å². The highest BCUT2D eigenvalue weighted by atomic mass is 31.1. The number of benzene rings is 2. The Balaban J connectivity index is 1.83. The molecule has 2 nitrogen and oxygen atoms in total. The molecule has 0 aliphatic heterocycles. The van der Waals surface area contributed by atoms with Crippen molar-refractivity contribution in [3.05, 3.63) is 42.5 Å². The Hall–Kier alpha value is -1.53. The third-order valence-corrected chi connectivity index (χ3v) is 10.5. The molecular formula is C26H37N2P. The first-order valence-corrected chi connectivity index (χ1v) is 13.2. The third-order valence-electron chi connectivity index (χ3n) is 6.99. The molecule has 4 rings (SSSR count). The third kappa shape index (κ3) is 4.48. The van der Waals surface area contributed by atoms with Crippen LogP contribution in [0.4, 0.5) is 11.4 Å². The molecule has 2 saturated carbocycles. The Morgan fingerprint density at radius 3 is 1.69 bits per heavy atom. The van der Waals surface area contributed by atoms with E-state index < -0.39 is 0 Å². The molecule has 0 unspecified atom stereocenters. The molecule has 2 aromatic rings. The van der Waals surface area contributed by atoms with Crippen molar-refractivity contribution in [2.45, 2.75) is 75.5 Å². The average molecular weight is 409 g/mol. The standard InChI is InChI=1S/C26H37N2P/c1-27-23-17-11-18-24(28-2)26(23)22-16-9-10-19-25(22)29(20-12-5-3-6-13-20)21-14-7-4-8-15-21/h9-11,16-21,27-28H,3-8,12-15H2,1-2H3. The van der Waals surface area contributed by atoms with Crippen LogP contribution in [0.2, 0.25) is 0 Å². The smallest absolute Gasteiger partial charge is 0.0438 e. The fraction of sp³-hybridized carbons (Fsp3) is 0.538. The molecule has 0 amide bonds. The van der Waals surface area contributed by atoms with Crippen LogP contribution in [0.5, 0.6) is 0 Å². The fourth-order valence-corrected chi connectivity index (χ4v) is 9.53. The van der Waals surface area contributed by atoms with E-state index in [1.807, 2.05) is 14.1 Å². The van der Waals surface area contributed by atoms with Gasteiger partial charge in [-0.15, -0.1) is 0 Å². The molecule has 2 N–H and O–H groups in total. The zero-order valence-corrected chi connectivity index (χ0v) is 19.1. The largest absolute Gasteiger partial charge is 0.388 e. The van der Waals surface area contributed by atoms with Gasteiger partial charge in [0.15, 0.2) is 0 Å². The molecule has 0 spiro atoms. The monoisotopic (exact) mass is 408 g/mol. The minimum atomic E-state index is -0.127. The highest BCUT2D eigenvalue weighted by molar-refractivity contribution is 7.67. The molecule has 0 heterocycles. The summed E-state index contributed by atoms with van der Waals surface area (Å²) in [7, 11) is 3.97. The van der Waals surface area contributed by atoms with E-state index in [0.29, 0.717) is 0 Å². The van der Waals surface area contributed by atoms with Gasteiger partial charge in [0.25, 0.3) is 0 Å². The predicted molar refractivity (Wildman–Crippen MR) is 131 cm³/mol. The van der Waals surface area contributed by atoms with Crippen LogP contribution in [0.1, 0.15) is 64.2 Å². The summed E-state index contributed by atoms with van der Waals surface area (Å²) in [6, 6.07) is 16.0. The number of hydrogen-bond donors (Lipinski definition) is 2. The van der Waals surface area contributed by atoms with Crippen LogP contribution < -0.4 is 15.9 Å². The molecule has 0 aromatic heterocycles. The second-order valence-corrected chi connectivity index (χ2v) is 11.5. The van der Waals surface area contributed by atoms with Crippen LogP contribution in [0, 0.1) is 0 Å². The van der Waals surface area contributed by atoms with Crippen molar-refractivity contribution in [3.63, 3.8) is 0 Å². The molecule has 2 aliphatic rings. The molecule has 29 heavy (non-hydrogen) atoms. The van der Waals surface area contributed by atoms with Gasteiger partial charge in [0, 0.05) is 31.0 Å². The summed E-state index contributed by atoms with van der Waals surface area (Å²) in [5.74, 6) is 0. The first kappa shape index (κ1) is 20.7. The summed E-state index contributed by atoms with van der Waals surface area (Å²) in [4.78, 5) is 0. The molecule has 0 saturated heterocycles. The second-order valence-electron chi connectivity index (χ2n) is 8.74. The SMILES string of the molecule is CNc1cccc(NC)c1-c1ccccc1P(C1CCCCC1)C1CCCCC1. The number of anilines is 2. The lowest BCUT2D eigenvalue weighted by atomic mass is 9.99. The van der Waals surface area contributed by atoms with Crippen molar-refractivity contribution < 1.29 is 0 Å². The van der Waals surface area contributed by atoms with Crippen LogP contribution in [-0.4, -0.2) is 25.4 Å². The maximum atomic E-state index is 3.46. The van der Waals surface area contributed by atoms with E-state index in [0.717, 1.165) is 11.3 Å². The molecule has 2 aliphatic carbocycles. The second kappa shape index (κ2) is 9.98. The topological polar surface area (TPSA) is 24.1 Å². The van der Waals surface area contributed by atoms with E-state index in [1.165, 1.54) is 86.7 Å². The first-order chi connectivity index (χ1) is 14.3. The zero-order valence-electron chi connectivity index (χ0n) is 18.2. The minimum Gasteiger partial charge on any atom is -0.388 e. The maximum absolute atomic E-state index is 3.46. The molecule has 2 aromatic carbocycles. The van der Waals surface area contributed by atoms with Gasteiger partial charge in [-0.3, -0.25) is 0 Å². The van der Waals surface area contributed by atoms with Crippen molar-refractivity contribution >= 4 is 24.6 Å². The van der Waals surface area contributed by atoms with Crippen LogP contribution in [0.25, 0.3) is 11.1 Å². The lowest BCUT2D eigenvalue weighted by Gasteiger charge is -2.40. The van der Waals surface area contributed by atoms with Crippen molar-refractivity contribution in [1.82, 2.24) is 0 Å². The van der Waals surface area contributed by atoms with Crippen LogP contribution in [-0.2, 0) is 0 Å². The van der Waals surface area contributed by atoms with E-state index in [2.05, 4.69) is 53.1 Å². The summed E-state index contributed by atoms with van der Waals surface area (Å²) >= 11 is 0. The Morgan fingerprint density at radius 1 is 0.655 bits per heavy atom. The van der Waals surface area contributed by atoms with Crippen molar-refractivity contribution in [3.8, 4) is 11.1 Å². The maximum Gasteiger partial charge on any atom is 0.0438 e. The Bertz CT molecular complexity index is 751. The summed E-state index contributed by atoms with van der Waals surface area (Å²) in [5.41, 5.74) is 7.11. The fourth-order valence-electron chi connectivity index (χ4n) is 5.58. The molecule has 0 radical (unpaired) electrons. The molecule has 0 atom stereocenters. The van der Waals surface area contributed by atoms with E-state index in [4.69, 9.17) is 0 Å². The summed E-state index contributed by atoms with van der Waals surface area (Å²) < 4.78 is 0. The minimum absolute atomic E-state index is 0.127. The highest BCUT2D eigenvalue weighted by Gasteiger charge is 2.34. The van der Waals surface area contributed by atoms with Crippen molar-refractivity contribution in [2.24, 2.45) is 0 Å². The molecule has 2 fully saturated rings. The van der Waals surface area contributed by atoms with Gasteiger partial charge in [0.1, 0.15) is 0 Å². The lowest BCUT2D eigenvalue weighted by Crippen LogP contribution is -2.27. The van der Waals surface area contributed by atoms with Gasteiger partial charge in [0.05, 0.1) is 0 Å². The van der Waals surface area contributed by atoms with Crippen molar-refractivity contribution in [1.29, 1.82) is 0 Å². The highest BCUT2D eigenvalue weighted by Crippen LogP contribution is 2.56. The summed E-state index contributed by atoms with van der Waals surface area (Å²) in [6.07, 6.45) is 14.4. The molecule has 3 heteroatoms. The van der Waals surface area contributed by atoms with E-state index in [-0.39, 0.29) is 7.92 Å². The van der Waals surface area contributed by atoms with Crippen LogP contribution >= 0.6 is 7.92 Å². The Labute approximate surface area is 178 Å². The Morgan fingerprint density at radius 2 is 1.17 bits per heavy atom. The predicted octanol–water partition coefficient (Wildman–Crippen LogP) is 7.21. The van der Waals surface area contributed by atoms with E-state index in [1.54, 1.807) is 5.30 Å². The molecular weight excluding hydrogens is 371 g/mol. The van der Waals surface area contributed by atoms with Gasteiger partial charge in [-0.05, 0) is 60.0 Å². The summed E-state index contributed by atoms with van der Waals surface area (Å²) in [5, 5.41) is 8.59. The van der Waals surface area contributed by atoms with Gasteiger partial charge in [-0.1, -0.05) is 76.8 Å². The quantitative estimate of drug-likeness (QED) is 0.494. The van der Waals surface area contributed by atoms with Crippen LogP contribution in [0.15, 0.2) is 42.5 Å². The number of nitrogens with one attached hydrogen (secondary N) is 2.